The van der Waals surface area contributed by atoms with Crippen molar-refractivity contribution in [3.8, 4) is 0 Å². The number of unbranched alkanes of at least 4 members (excludes halogenated alkanes) is 27. The zero-order valence-electron chi connectivity index (χ0n) is 62.5. The van der Waals surface area contributed by atoms with Crippen LogP contribution in [0.15, 0.2) is 182 Å². The number of nitrogens with one attached hydrogen (secondary N) is 1. The van der Waals surface area contributed by atoms with E-state index in [-0.39, 0.29) is 51.4 Å². The Morgan fingerprint density at radius 3 is 1.14 bits per heavy atom. The van der Waals surface area contributed by atoms with Gasteiger partial charge in [0.1, 0.15) is 30.5 Å². The van der Waals surface area contributed by atoms with E-state index in [2.05, 4.69) is 19.2 Å². The lowest BCUT2D eigenvalue weighted by atomic mass is 9.97. The van der Waals surface area contributed by atoms with Crippen LogP contribution in [0.5, 0.6) is 0 Å². The van der Waals surface area contributed by atoms with Gasteiger partial charge in [0, 0.05) is 6.92 Å². The average molecular weight is 1410 g/mol. The minimum Gasteiger partial charge on any atom is -0.455 e. The highest BCUT2D eigenvalue weighted by molar-refractivity contribution is 5.90. The summed E-state index contributed by atoms with van der Waals surface area (Å²) in [7, 11) is 0. The fraction of sp³-hybridized carbons (Fsp3) is 0.551. The molecule has 6 aromatic rings. The first-order valence-corrected chi connectivity index (χ1v) is 39.5. The number of carbonyl (C=O) groups excluding carboxylic acids is 4. The minimum absolute atomic E-state index is 0.0438. The highest BCUT2D eigenvalue weighted by atomic mass is 16.7. The first kappa shape index (κ1) is 83.2. The van der Waals surface area contributed by atoms with Crippen LogP contribution < -0.4 is 5.32 Å². The van der Waals surface area contributed by atoms with E-state index in [4.69, 9.17) is 42.6 Å². The molecule has 1 amide bonds. The van der Waals surface area contributed by atoms with Gasteiger partial charge >= 0.3 is 17.9 Å². The van der Waals surface area contributed by atoms with Gasteiger partial charge in [-0.05, 0) is 72.2 Å². The van der Waals surface area contributed by atoms with Gasteiger partial charge in [0.25, 0.3) is 5.91 Å². The van der Waals surface area contributed by atoms with E-state index in [0.29, 0.717) is 18.4 Å². The summed E-state index contributed by atoms with van der Waals surface area (Å²) in [6.45, 7) is 6.22. The zero-order chi connectivity index (χ0) is 72.4. The summed E-state index contributed by atoms with van der Waals surface area (Å²) >= 11 is 0. The average Bonchev–Trinajstić information content (AvgIpc) is 0.793. The Balaban J connectivity index is 1.19. The number of ether oxygens (including phenoxy) is 9. The standard InChI is InChI=1S/C89H123NO13/c1-4-6-8-10-12-14-15-16-17-18-19-20-21-22-23-24-26-28-30-50-64-80(100-71(3)91)86(92)90-78(82(103-88(94)77-61-47-36-48-62-77)79(101-87(93)76-59-45-35-46-60-76)63-49-29-27-25-13-11-9-7-5-2)69-99-89-85(98-68-75-57-43-34-44-58-75)84(97-67-74-55-41-33-42-56-74)83(96-66-73-53-39-32-40-54-73)81(102-89)70-95-65-72-51-37-31-38-52-72/h31-48,51-62,78-85,89H,4-30,49-50,63-70H2,1-3H3,(H,90,92)/t78-,79+,80+,81+,82-,83-,84-,85+,89-/m0/s1. The molecule has 14 heteroatoms. The lowest BCUT2D eigenvalue weighted by Gasteiger charge is -2.46. The third-order valence-corrected chi connectivity index (χ3v) is 19.4. The van der Waals surface area contributed by atoms with Crippen molar-refractivity contribution in [2.24, 2.45) is 0 Å². The molecule has 0 spiro atoms. The SMILES string of the molecule is CCCCCCCCCCCCCCCCCCCCCC[C@@H](OC(C)=O)C(=O)N[C@@H](CO[C@H]1O[C@H](COCc2ccccc2)[C@H](OCc2ccccc2)[C@H](OCc2ccccc2)[C@H]1OCc1ccccc1)[C@H](OC(=O)c1ccccc1)[C@@H](CCCCCCCCCCC)OC(=O)c1ccccc1. The Bertz CT molecular complexity index is 3130. The predicted molar refractivity (Wildman–Crippen MR) is 409 cm³/mol. The summed E-state index contributed by atoms with van der Waals surface area (Å²) < 4.78 is 61.4. The topological polar surface area (TPSA) is 163 Å². The van der Waals surface area contributed by atoms with Gasteiger partial charge in [0.2, 0.25) is 0 Å². The fourth-order valence-corrected chi connectivity index (χ4v) is 13.5. The normalized spacial score (nSPS) is 17.0. The van der Waals surface area contributed by atoms with Crippen LogP contribution in [0.3, 0.4) is 0 Å². The molecule has 562 valence electrons. The van der Waals surface area contributed by atoms with E-state index in [1.54, 1.807) is 48.5 Å². The fourth-order valence-electron chi connectivity index (χ4n) is 13.5. The first-order chi connectivity index (χ1) is 50.7. The molecule has 6 aromatic carbocycles. The molecule has 1 heterocycles. The van der Waals surface area contributed by atoms with Crippen molar-refractivity contribution in [1.82, 2.24) is 5.32 Å². The van der Waals surface area contributed by atoms with E-state index in [1.165, 1.54) is 129 Å². The Hall–Kier alpha value is -7.04. The Kier molecular flexibility index (Phi) is 42.0. The summed E-state index contributed by atoms with van der Waals surface area (Å²) in [5.74, 6) is -2.58. The highest BCUT2D eigenvalue weighted by Crippen LogP contribution is 2.33. The molecule has 0 aromatic heterocycles. The van der Waals surface area contributed by atoms with E-state index < -0.39 is 85.5 Å². The number of carbonyl (C=O) groups is 4. The van der Waals surface area contributed by atoms with Gasteiger partial charge in [0.15, 0.2) is 18.5 Å². The molecule has 103 heavy (non-hydrogen) atoms. The largest absolute Gasteiger partial charge is 0.455 e. The third-order valence-electron chi connectivity index (χ3n) is 19.4. The molecule has 14 nitrogen and oxygen atoms in total. The maximum absolute atomic E-state index is 15.4. The summed E-state index contributed by atoms with van der Waals surface area (Å²) in [6, 6.07) is 55.5. The van der Waals surface area contributed by atoms with Crippen molar-refractivity contribution in [2.75, 3.05) is 13.2 Å². The quantitative estimate of drug-likeness (QED) is 0.0218. The van der Waals surface area contributed by atoms with Gasteiger partial charge in [-0.1, -0.05) is 345 Å². The van der Waals surface area contributed by atoms with Gasteiger partial charge in [0.05, 0.1) is 56.8 Å². The van der Waals surface area contributed by atoms with Crippen LogP contribution in [0.4, 0.5) is 0 Å². The number of esters is 3. The van der Waals surface area contributed by atoms with E-state index >= 15 is 4.79 Å². The summed E-state index contributed by atoms with van der Waals surface area (Å²) in [6.07, 6.45) is 26.0. The van der Waals surface area contributed by atoms with Crippen LogP contribution in [-0.4, -0.2) is 92.1 Å². The van der Waals surface area contributed by atoms with Crippen molar-refractivity contribution in [1.29, 1.82) is 0 Å². The first-order valence-electron chi connectivity index (χ1n) is 39.5. The maximum atomic E-state index is 15.4. The van der Waals surface area contributed by atoms with Gasteiger partial charge in [-0.3, -0.25) is 9.59 Å². The highest BCUT2D eigenvalue weighted by Gasteiger charge is 2.50. The predicted octanol–water partition coefficient (Wildman–Crippen LogP) is 20.7. The van der Waals surface area contributed by atoms with Crippen LogP contribution >= 0.6 is 0 Å². The molecule has 9 atom stereocenters. The smallest absolute Gasteiger partial charge is 0.338 e. The summed E-state index contributed by atoms with van der Waals surface area (Å²) in [4.78, 5) is 58.1. The molecule has 1 aliphatic heterocycles. The monoisotopic (exact) mass is 1410 g/mol. The lowest BCUT2D eigenvalue weighted by molar-refractivity contribution is -0.329. The molecule has 1 N–H and O–H groups in total. The summed E-state index contributed by atoms with van der Waals surface area (Å²) in [5.41, 5.74) is 4.24. The van der Waals surface area contributed by atoms with Crippen LogP contribution in [0, 0.1) is 0 Å². The molecular formula is C89H123NO13. The van der Waals surface area contributed by atoms with Crippen molar-refractivity contribution >= 4 is 23.8 Å². The molecule has 7 rings (SSSR count). The van der Waals surface area contributed by atoms with Crippen LogP contribution in [0.2, 0.25) is 0 Å². The number of benzene rings is 6. The zero-order valence-corrected chi connectivity index (χ0v) is 62.5. The van der Waals surface area contributed by atoms with E-state index in [1.807, 2.05) is 133 Å². The van der Waals surface area contributed by atoms with Crippen molar-refractivity contribution in [2.45, 2.75) is 301 Å². The van der Waals surface area contributed by atoms with Gasteiger partial charge in [-0.25, -0.2) is 9.59 Å². The molecule has 0 aliphatic carbocycles. The second kappa shape index (κ2) is 52.0. The van der Waals surface area contributed by atoms with E-state index in [9.17, 15) is 14.4 Å². The molecule has 1 fully saturated rings. The van der Waals surface area contributed by atoms with Crippen molar-refractivity contribution in [3.63, 3.8) is 0 Å². The molecule has 0 unspecified atom stereocenters. The van der Waals surface area contributed by atoms with Gasteiger partial charge in [-0.2, -0.15) is 0 Å². The lowest BCUT2D eigenvalue weighted by Crippen LogP contribution is -2.63. The van der Waals surface area contributed by atoms with E-state index in [0.717, 1.165) is 73.6 Å². The van der Waals surface area contributed by atoms with Crippen LogP contribution in [-0.2, 0) is 78.6 Å². The van der Waals surface area contributed by atoms with Gasteiger partial charge in [-0.15, -0.1) is 0 Å². The minimum atomic E-state index is -1.39. The second-order valence-corrected chi connectivity index (χ2v) is 28.0. The molecule has 1 aliphatic rings. The Labute approximate surface area is 617 Å². The number of rotatable bonds is 56. The number of hydrogen-bond acceptors (Lipinski definition) is 13. The third kappa shape index (κ3) is 33.7. The van der Waals surface area contributed by atoms with Crippen molar-refractivity contribution < 1.29 is 61.8 Å². The second-order valence-electron chi connectivity index (χ2n) is 28.0. The Morgan fingerprint density at radius 1 is 0.379 bits per heavy atom. The Morgan fingerprint density at radius 2 is 0.728 bits per heavy atom. The molecular weight excluding hydrogens is 1290 g/mol. The maximum Gasteiger partial charge on any atom is 0.338 e. The summed E-state index contributed by atoms with van der Waals surface area (Å²) in [5, 5.41) is 3.21. The number of amides is 1. The molecule has 0 radical (unpaired) electrons. The van der Waals surface area contributed by atoms with Crippen LogP contribution in [0.1, 0.15) is 263 Å². The molecule has 0 bridgehead atoms. The van der Waals surface area contributed by atoms with Crippen LogP contribution in [0.25, 0.3) is 0 Å². The molecule has 0 saturated carbocycles. The number of hydrogen-bond donors (Lipinski definition) is 1. The molecule has 1 saturated heterocycles. The van der Waals surface area contributed by atoms with Crippen molar-refractivity contribution in [3.05, 3.63) is 215 Å². The van der Waals surface area contributed by atoms with Gasteiger partial charge < -0.3 is 47.9 Å².